The Kier molecular flexibility index (Phi) is 6.77. The smallest absolute Gasteiger partial charge is 0.119 e. The molecule has 1 unspecified atom stereocenters. The van der Waals surface area contributed by atoms with Crippen molar-refractivity contribution in [1.29, 1.82) is 0 Å². The van der Waals surface area contributed by atoms with Gasteiger partial charge in [-0.25, -0.2) is 0 Å². The highest BCUT2D eigenvalue weighted by Crippen LogP contribution is 2.21. The SMILES string of the molecule is CCNCC(CCOc1ccc(Br)cc1)c1ccccc1. The van der Waals surface area contributed by atoms with Crippen LogP contribution in [0, 0.1) is 0 Å². The first-order valence-electron chi connectivity index (χ1n) is 7.43. The van der Waals surface area contributed by atoms with E-state index in [0.29, 0.717) is 5.92 Å². The van der Waals surface area contributed by atoms with Crippen LogP contribution in [0.3, 0.4) is 0 Å². The van der Waals surface area contributed by atoms with Crippen LogP contribution < -0.4 is 10.1 Å². The molecule has 0 spiro atoms. The molecule has 0 aliphatic rings. The third-order valence-corrected chi connectivity index (χ3v) is 3.99. The molecule has 0 radical (unpaired) electrons. The number of hydrogen-bond acceptors (Lipinski definition) is 2. The summed E-state index contributed by atoms with van der Waals surface area (Å²) >= 11 is 3.43. The van der Waals surface area contributed by atoms with Gasteiger partial charge in [0.25, 0.3) is 0 Å². The number of likely N-dealkylation sites (N-methyl/N-ethyl adjacent to an activating group) is 1. The normalized spacial score (nSPS) is 12.1. The molecule has 3 heteroatoms. The summed E-state index contributed by atoms with van der Waals surface area (Å²) in [5, 5.41) is 3.44. The fraction of sp³-hybridized carbons (Fsp3) is 0.333. The van der Waals surface area contributed by atoms with E-state index < -0.39 is 0 Å². The molecule has 2 aromatic rings. The maximum Gasteiger partial charge on any atom is 0.119 e. The number of ether oxygens (including phenoxy) is 1. The Morgan fingerprint density at radius 2 is 1.76 bits per heavy atom. The van der Waals surface area contributed by atoms with E-state index in [4.69, 9.17) is 4.74 Å². The minimum atomic E-state index is 0.488. The predicted octanol–water partition coefficient (Wildman–Crippen LogP) is 4.61. The molecule has 0 bridgehead atoms. The Morgan fingerprint density at radius 1 is 1.05 bits per heavy atom. The third kappa shape index (κ3) is 5.52. The van der Waals surface area contributed by atoms with E-state index in [1.807, 2.05) is 24.3 Å². The molecule has 112 valence electrons. The molecule has 2 aromatic carbocycles. The van der Waals surface area contributed by atoms with Crippen LogP contribution in [0.2, 0.25) is 0 Å². The molecule has 1 N–H and O–H groups in total. The van der Waals surface area contributed by atoms with Crippen LogP contribution in [0.15, 0.2) is 59.1 Å². The Hall–Kier alpha value is -1.32. The Balaban J connectivity index is 1.88. The molecule has 0 saturated carbocycles. The molecular weight excluding hydrogens is 326 g/mol. The standard InChI is InChI=1S/C18H22BrNO/c1-2-20-14-16(15-6-4-3-5-7-15)12-13-21-18-10-8-17(19)9-11-18/h3-11,16,20H,2,12-14H2,1H3. The van der Waals surface area contributed by atoms with Crippen molar-refractivity contribution >= 4 is 15.9 Å². The van der Waals surface area contributed by atoms with Gasteiger partial charge in [-0.15, -0.1) is 0 Å². The van der Waals surface area contributed by atoms with E-state index in [-0.39, 0.29) is 0 Å². The lowest BCUT2D eigenvalue weighted by molar-refractivity contribution is 0.295. The predicted molar refractivity (Wildman–Crippen MR) is 92.0 cm³/mol. The van der Waals surface area contributed by atoms with Crippen LogP contribution in [-0.4, -0.2) is 19.7 Å². The third-order valence-electron chi connectivity index (χ3n) is 3.46. The zero-order valence-corrected chi connectivity index (χ0v) is 14.0. The molecule has 0 aromatic heterocycles. The summed E-state index contributed by atoms with van der Waals surface area (Å²) in [6.45, 7) is 4.86. The van der Waals surface area contributed by atoms with Gasteiger partial charge in [-0.2, -0.15) is 0 Å². The highest BCUT2D eigenvalue weighted by atomic mass is 79.9. The average molecular weight is 348 g/mol. The van der Waals surface area contributed by atoms with Crippen molar-refractivity contribution < 1.29 is 4.74 Å². The highest BCUT2D eigenvalue weighted by Gasteiger charge is 2.10. The van der Waals surface area contributed by atoms with Gasteiger partial charge in [0.05, 0.1) is 6.61 Å². The van der Waals surface area contributed by atoms with E-state index >= 15 is 0 Å². The first-order valence-corrected chi connectivity index (χ1v) is 8.23. The van der Waals surface area contributed by atoms with E-state index in [1.165, 1.54) is 5.56 Å². The number of halogens is 1. The van der Waals surface area contributed by atoms with E-state index in [2.05, 4.69) is 58.5 Å². The van der Waals surface area contributed by atoms with Gasteiger partial charge in [0.2, 0.25) is 0 Å². The lowest BCUT2D eigenvalue weighted by atomic mass is 9.96. The molecule has 0 aliphatic heterocycles. The summed E-state index contributed by atoms with van der Waals surface area (Å²) in [5.41, 5.74) is 1.37. The van der Waals surface area contributed by atoms with Gasteiger partial charge in [0.1, 0.15) is 5.75 Å². The van der Waals surface area contributed by atoms with Crippen LogP contribution in [0.5, 0.6) is 5.75 Å². The lowest BCUT2D eigenvalue weighted by Gasteiger charge is -2.18. The Labute approximate surface area is 135 Å². The maximum absolute atomic E-state index is 5.84. The van der Waals surface area contributed by atoms with Crippen molar-refractivity contribution in [1.82, 2.24) is 5.32 Å². The monoisotopic (exact) mass is 347 g/mol. The second kappa shape index (κ2) is 8.85. The molecule has 1 atom stereocenters. The van der Waals surface area contributed by atoms with Crippen LogP contribution in [0.1, 0.15) is 24.8 Å². The second-order valence-electron chi connectivity index (χ2n) is 5.01. The van der Waals surface area contributed by atoms with E-state index in [1.54, 1.807) is 0 Å². The van der Waals surface area contributed by atoms with Crippen molar-refractivity contribution in [3.63, 3.8) is 0 Å². The minimum Gasteiger partial charge on any atom is -0.494 e. The lowest BCUT2D eigenvalue weighted by Crippen LogP contribution is -2.22. The Morgan fingerprint density at radius 3 is 2.43 bits per heavy atom. The molecule has 0 heterocycles. The van der Waals surface area contributed by atoms with Gasteiger partial charge >= 0.3 is 0 Å². The van der Waals surface area contributed by atoms with Crippen LogP contribution in [0.4, 0.5) is 0 Å². The molecule has 0 saturated heterocycles. The summed E-state index contributed by atoms with van der Waals surface area (Å²) in [7, 11) is 0. The number of benzene rings is 2. The fourth-order valence-electron chi connectivity index (χ4n) is 2.28. The summed E-state index contributed by atoms with van der Waals surface area (Å²) in [4.78, 5) is 0. The topological polar surface area (TPSA) is 21.3 Å². The summed E-state index contributed by atoms with van der Waals surface area (Å²) in [6.07, 6.45) is 1.01. The largest absolute Gasteiger partial charge is 0.494 e. The van der Waals surface area contributed by atoms with Crippen molar-refractivity contribution in [2.24, 2.45) is 0 Å². The quantitative estimate of drug-likeness (QED) is 0.752. The van der Waals surface area contributed by atoms with Crippen molar-refractivity contribution in [2.45, 2.75) is 19.3 Å². The van der Waals surface area contributed by atoms with Gasteiger partial charge < -0.3 is 10.1 Å². The molecule has 2 rings (SSSR count). The first-order chi connectivity index (χ1) is 10.3. The van der Waals surface area contributed by atoms with E-state index in [9.17, 15) is 0 Å². The molecule has 0 amide bonds. The van der Waals surface area contributed by atoms with E-state index in [0.717, 1.165) is 36.3 Å². The summed E-state index contributed by atoms with van der Waals surface area (Å²) in [6, 6.07) is 18.6. The first kappa shape index (κ1) is 16.1. The van der Waals surface area contributed by atoms with Gasteiger partial charge in [-0.1, -0.05) is 53.2 Å². The van der Waals surface area contributed by atoms with Crippen LogP contribution >= 0.6 is 15.9 Å². The Bertz CT molecular complexity index is 513. The van der Waals surface area contributed by atoms with Gasteiger partial charge in [-0.3, -0.25) is 0 Å². The van der Waals surface area contributed by atoms with Crippen LogP contribution in [0.25, 0.3) is 0 Å². The van der Waals surface area contributed by atoms with Gasteiger partial charge in [-0.05, 0) is 48.7 Å². The number of rotatable bonds is 8. The fourth-order valence-corrected chi connectivity index (χ4v) is 2.54. The van der Waals surface area contributed by atoms with Crippen molar-refractivity contribution in [2.75, 3.05) is 19.7 Å². The maximum atomic E-state index is 5.84. The minimum absolute atomic E-state index is 0.488. The van der Waals surface area contributed by atoms with Crippen LogP contribution in [-0.2, 0) is 0 Å². The zero-order valence-electron chi connectivity index (χ0n) is 12.4. The summed E-state index contributed by atoms with van der Waals surface area (Å²) in [5.74, 6) is 1.41. The average Bonchev–Trinajstić information content (AvgIpc) is 2.53. The molecule has 2 nitrogen and oxygen atoms in total. The molecule has 0 fully saturated rings. The van der Waals surface area contributed by atoms with Gasteiger partial charge in [0.15, 0.2) is 0 Å². The zero-order chi connectivity index (χ0) is 14.9. The molecule has 0 aliphatic carbocycles. The van der Waals surface area contributed by atoms with Crippen molar-refractivity contribution in [3.8, 4) is 5.75 Å². The van der Waals surface area contributed by atoms with Crippen molar-refractivity contribution in [3.05, 3.63) is 64.6 Å². The molecule has 21 heavy (non-hydrogen) atoms. The van der Waals surface area contributed by atoms with Gasteiger partial charge in [0, 0.05) is 11.0 Å². The molecular formula is C18H22BrNO. The summed E-state index contributed by atoms with van der Waals surface area (Å²) < 4.78 is 6.92. The second-order valence-corrected chi connectivity index (χ2v) is 5.92. The highest BCUT2D eigenvalue weighted by molar-refractivity contribution is 9.10. The number of hydrogen-bond donors (Lipinski definition) is 1. The number of nitrogens with one attached hydrogen (secondary N) is 1.